The Morgan fingerprint density at radius 2 is 1.68 bits per heavy atom. The highest BCUT2D eigenvalue weighted by molar-refractivity contribution is 9.10. The highest BCUT2D eigenvalue weighted by atomic mass is 79.9. The topological polar surface area (TPSA) is 42.0 Å². The van der Waals surface area contributed by atoms with Crippen molar-refractivity contribution in [2.75, 3.05) is 0 Å². The smallest absolute Gasteiger partial charge is 0.252 e. The number of amides is 1. The number of aromatic nitrogens is 1. The number of benzene rings is 3. The monoisotopic (exact) mass is 430 g/mol. The van der Waals surface area contributed by atoms with E-state index in [1.807, 2.05) is 91.9 Å². The van der Waals surface area contributed by atoms with Crippen molar-refractivity contribution in [3.63, 3.8) is 0 Å². The molecule has 0 unspecified atom stereocenters. The second-order valence-electron chi connectivity index (χ2n) is 6.69. The molecule has 0 saturated carbocycles. The molecule has 28 heavy (non-hydrogen) atoms. The third-order valence-corrected chi connectivity index (χ3v) is 5.22. The van der Waals surface area contributed by atoms with Gasteiger partial charge in [-0.15, -0.1) is 0 Å². The Morgan fingerprint density at radius 1 is 0.929 bits per heavy atom. The fraction of sp³-hybridized carbons (Fsp3) is 0.0833. The molecule has 0 aliphatic carbocycles. The molecule has 0 spiro atoms. The van der Waals surface area contributed by atoms with Gasteiger partial charge in [-0.1, -0.05) is 76.6 Å². The second kappa shape index (κ2) is 7.95. The molecule has 0 aliphatic heterocycles. The molecule has 3 aromatic carbocycles. The summed E-state index contributed by atoms with van der Waals surface area (Å²) in [6, 6.07) is 27.4. The Kier molecular flexibility index (Phi) is 5.22. The number of carbonyl (C=O) groups is 1. The molecule has 138 valence electrons. The van der Waals surface area contributed by atoms with Crippen molar-refractivity contribution in [1.29, 1.82) is 0 Å². The van der Waals surface area contributed by atoms with Gasteiger partial charge in [0, 0.05) is 15.4 Å². The summed E-state index contributed by atoms with van der Waals surface area (Å²) in [4.78, 5) is 17.9. The molecule has 0 saturated heterocycles. The Bertz CT molecular complexity index is 1140. The van der Waals surface area contributed by atoms with Gasteiger partial charge in [0.05, 0.1) is 22.8 Å². The van der Waals surface area contributed by atoms with Crippen LogP contribution in [0, 0.1) is 0 Å². The van der Waals surface area contributed by atoms with Crippen LogP contribution in [-0.4, -0.2) is 10.9 Å². The molecule has 3 nitrogen and oxygen atoms in total. The zero-order valence-corrected chi connectivity index (χ0v) is 17.0. The minimum absolute atomic E-state index is 0.0880. The molecule has 4 heteroatoms. The predicted octanol–water partition coefficient (Wildman–Crippen LogP) is 6.16. The number of fused-ring (bicyclic) bond motifs is 1. The van der Waals surface area contributed by atoms with Gasteiger partial charge in [-0.3, -0.25) is 4.79 Å². The van der Waals surface area contributed by atoms with Gasteiger partial charge in [0.15, 0.2) is 0 Å². The van der Waals surface area contributed by atoms with Crippen molar-refractivity contribution in [2.24, 2.45) is 0 Å². The predicted molar refractivity (Wildman–Crippen MR) is 117 cm³/mol. The van der Waals surface area contributed by atoms with Crippen molar-refractivity contribution in [1.82, 2.24) is 10.3 Å². The summed E-state index contributed by atoms with van der Waals surface area (Å²) in [5, 5.41) is 3.97. The van der Waals surface area contributed by atoms with Crippen LogP contribution in [0.15, 0.2) is 89.4 Å². The molecule has 0 fully saturated rings. The highest BCUT2D eigenvalue weighted by Crippen LogP contribution is 2.27. The van der Waals surface area contributed by atoms with Crippen LogP contribution in [0.1, 0.15) is 28.9 Å². The molecule has 1 aromatic heterocycles. The average Bonchev–Trinajstić information content (AvgIpc) is 2.73. The van der Waals surface area contributed by atoms with E-state index in [-0.39, 0.29) is 11.9 Å². The molecule has 0 bridgehead atoms. The fourth-order valence-corrected chi connectivity index (χ4v) is 3.66. The van der Waals surface area contributed by atoms with E-state index in [0.717, 1.165) is 32.2 Å². The molecule has 4 rings (SSSR count). The molecule has 4 aromatic rings. The standard InChI is InChI=1S/C24H19BrN2O/c1-16(17-8-3-2-4-9-17)26-24(28)21-15-23(18-10-7-11-19(25)14-18)27-22-13-6-5-12-20(21)22/h2-16H,1H3,(H,26,28)/t16-/m1/s1. The summed E-state index contributed by atoms with van der Waals surface area (Å²) in [5.41, 5.74) is 4.24. The van der Waals surface area contributed by atoms with Gasteiger partial charge in [0.1, 0.15) is 0 Å². The molecule has 1 atom stereocenters. The van der Waals surface area contributed by atoms with Crippen molar-refractivity contribution < 1.29 is 4.79 Å². The van der Waals surface area contributed by atoms with Gasteiger partial charge >= 0.3 is 0 Å². The first-order chi connectivity index (χ1) is 13.6. The maximum Gasteiger partial charge on any atom is 0.252 e. The number of nitrogens with zero attached hydrogens (tertiary/aromatic N) is 1. The number of hydrogen-bond donors (Lipinski definition) is 1. The lowest BCUT2D eigenvalue weighted by molar-refractivity contribution is 0.0941. The summed E-state index contributed by atoms with van der Waals surface area (Å²) in [7, 11) is 0. The van der Waals surface area contributed by atoms with Crippen LogP contribution in [0.4, 0.5) is 0 Å². The molecule has 1 heterocycles. The second-order valence-corrected chi connectivity index (χ2v) is 7.60. The Morgan fingerprint density at radius 3 is 2.46 bits per heavy atom. The van der Waals surface area contributed by atoms with E-state index in [0.29, 0.717) is 5.56 Å². The fourth-order valence-electron chi connectivity index (χ4n) is 3.26. The number of para-hydroxylation sites is 1. The maximum absolute atomic E-state index is 13.1. The first-order valence-corrected chi connectivity index (χ1v) is 9.92. The quantitative estimate of drug-likeness (QED) is 0.421. The van der Waals surface area contributed by atoms with Crippen LogP contribution in [0.5, 0.6) is 0 Å². The molecule has 0 radical (unpaired) electrons. The number of halogens is 1. The van der Waals surface area contributed by atoms with Gasteiger partial charge in [0.2, 0.25) is 0 Å². The normalized spacial score (nSPS) is 11.9. The molecule has 0 aliphatic rings. The third kappa shape index (κ3) is 3.82. The minimum atomic E-state index is -0.105. The summed E-state index contributed by atoms with van der Waals surface area (Å²) in [6.45, 7) is 1.99. The van der Waals surface area contributed by atoms with Crippen LogP contribution in [-0.2, 0) is 0 Å². The van der Waals surface area contributed by atoms with E-state index in [9.17, 15) is 4.79 Å². The minimum Gasteiger partial charge on any atom is -0.345 e. The van der Waals surface area contributed by atoms with Gasteiger partial charge < -0.3 is 5.32 Å². The Balaban J connectivity index is 1.76. The summed E-state index contributed by atoms with van der Waals surface area (Å²) >= 11 is 3.51. The maximum atomic E-state index is 13.1. The number of hydrogen-bond acceptors (Lipinski definition) is 2. The number of rotatable bonds is 4. The molecule has 1 N–H and O–H groups in total. The lowest BCUT2D eigenvalue weighted by Gasteiger charge is -2.16. The van der Waals surface area contributed by atoms with Crippen LogP contribution < -0.4 is 5.32 Å². The SMILES string of the molecule is C[C@@H](NC(=O)c1cc(-c2cccc(Br)c2)nc2ccccc12)c1ccccc1. The molecule has 1 amide bonds. The zero-order chi connectivity index (χ0) is 19.5. The average molecular weight is 431 g/mol. The van der Waals surface area contributed by atoms with Crippen molar-refractivity contribution in [2.45, 2.75) is 13.0 Å². The van der Waals surface area contributed by atoms with E-state index in [1.165, 1.54) is 0 Å². The summed E-state index contributed by atoms with van der Waals surface area (Å²) < 4.78 is 0.976. The molecular weight excluding hydrogens is 412 g/mol. The van der Waals surface area contributed by atoms with Crippen LogP contribution in [0.3, 0.4) is 0 Å². The van der Waals surface area contributed by atoms with Gasteiger partial charge in [-0.25, -0.2) is 4.98 Å². The lowest BCUT2D eigenvalue weighted by atomic mass is 10.0. The lowest BCUT2D eigenvalue weighted by Crippen LogP contribution is -2.27. The van der Waals surface area contributed by atoms with Crippen LogP contribution in [0.25, 0.3) is 22.2 Å². The first kappa shape index (κ1) is 18.4. The Hall–Kier alpha value is -2.98. The summed E-state index contributed by atoms with van der Waals surface area (Å²) in [5.74, 6) is -0.105. The van der Waals surface area contributed by atoms with Crippen LogP contribution in [0.2, 0.25) is 0 Å². The van der Waals surface area contributed by atoms with Gasteiger partial charge in [0.25, 0.3) is 5.91 Å². The van der Waals surface area contributed by atoms with E-state index < -0.39 is 0 Å². The van der Waals surface area contributed by atoms with E-state index >= 15 is 0 Å². The van der Waals surface area contributed by atoms with E-state index in [4.69, 9.17) is 4.98 Å². The number of pyridine rings is 1. The van der Waals surface area contributed by atoms with E-state index in [1.54, 1.807) is 0 Å². The van der Waals surface area contributed by atoms with Crippen molar-refractivity contribution in [3.05, 3.63) is 101 Å². The molecular formula is C24H19BrN2O. The van der Waals surface area contributed by atoms with Crippen LogP contribution >= 0.6 is 15.9 Å². The number of carbonyl (C=O) groups excluding carboxylic acids is 1. The zero-order valence-electron chi connectivity index (χ0n) is 15.4. The highest BCUT2D eigenvalue weighted by Gasteiger charge is 2.16. The van der Waals surface area contributed by atoms with Crippen molar-refractivity contribution in [3.8, 4) is 11.3 Å². The third-order valence-electron chi connectivity index (χ3n) is 4.73. The van der Waals surface area contributed by atoms with E-state index in [2.05, 4.69) is 21.2 Å². The largest absolute Gasteiger partial charge is 0.345 e. The number of nitrogens with one attached hydrogen (secondary N) is 1. The van der Waals surface area contributed by atoms with Gasteiger partial charge in [-0.2, -0.15) is 0 Å². The summed E-state index contributed by atoms with van der Waals surface area (Å²) in [6.07, 6.45) is 0. The van der Waals surface area contributed by atoms with Gasteiger partial charge in [-0.05, 0) is 36.8 Å². The first-order valence-electron chi connectivity index (χ1n) is 9.13. The Labute approximate surface area is 172 Å². The van der Waals surface area contributed by atoms with Crippen molar-refractivity contribution >= 4 is 32.7 Å².